The molecule has 120 valence electrons. The summed E-state index contributed by atoms with van der Waals surface area (Å²) in [5, 5.41) is 0. The summed E-state index contributed by atoms with van der Waals surface area (Å²) in [4.78, 5) is 17.3. The lowest BCUT2D eigenvalue weighted by Crippen LogP contribution is -2.72. The van der Waals surface area contributed by atoms with Gasteiger partial charge in [-0.2, -0.15) is 0 Å². The first kappa shape index (κ1) is 15.1. The van der Waals surface area contributed by atoms with Gasteiger partial charge in [-0.1, -0.05) is 0 Å². The van der Waals surface area contributed by atoms with Crippen LogP contribution in [0.5, 0.6) is 0 Å². The van der Waals surface area contributed by atoms with E-state index in [4.69, 9.17) is 4.74 Å². The fourth-order valence-corrected chi connectivity index (χ4v) is 4.85. The second-order valence-corrected chi connectivity index (χ2v) is 9.02. The zero-order valence-corrected chi connectivity index (χ0v) is 14.3. The Labute approximate surface area is 128 Å². The van der Waals surface area contributed by atoms with E-state index in [0.29, 0.717) is 24.2 Å². The Morgan fingerprint density at radius 3 is 1.62 bits per heavy atom. The van der Waals surface area contributed by atoms with E-state index in [2.05, 4.69) is 30.6 Å². The molecule has 0 radical (unpaired) electrons. The van der Waals surface area contributed by atoms with Gasteiger partial charge in [0.25, 0.3) is 0 Å². The highest BCUT2D eigenvalue weighted by Crippen LogP contribution is 2.47. The summed E-state index contributed by atoms with van der Waals surface area (Å²) < 4.78 is 5.63. The first-order valence-electron chi connectivity index (χ1n) is 8.36. The van der Waals surface area contributed by atoms with Crippen LogP contribution in [0.15, 0.2) is 0 Å². The normalized spacial score (nSPS) is 36.2. The monoisotopic (exact) mass is 294 g/mol. The zero-order valence-electron chi connectivity index (χ0n) is 14.3. The Morgan fingerprint density at radius 2 is 1.29 bits per heavy atom. The molecule has 0 N–H and O–H groups in total. The number of carbonyl (C=O) groups is 1. The van der Waals surface area contributed by atoms with Gasteiger partial charge in [0.1, 0.15) is 5.60 Å². The molecule has 0 unspecified atom stereocenters. The molecule has 4 heterocycles. The van der Waals surface area contributed by atoms with Crippen molar-refractivity contribution in [1.82, 2.24) is 9.80 Å². The number of hydrogen-bond donors (Lipinski definition) is 0. The summed E-state index contributed by atoms with van der Waals surface area (Å²) in [6.45, 7) is 12.8. The molecule has 4 bridgehead atoms. The fourth-order valence-electron chi connectivity index (χ4n) is 4.85. The largest absolute Gasteiger partial charge is 0.444 e. The van der Waals surface area contributed by atoms with Gasteiger partial charge in [0, 0.05) is 29.7 Å². The first-order valence-corrected chi connectivity index (χ1v) is 8.36. The second-order valence-electron chi connectivity index (χ2n) is 9.02. The molecule has 4 nitrogen and oxygen atoms in total. The first-order chi connectivity index (χ1) is 9.56. The molecule has 4 rings (SSSR count). The van der Waals surface area contributed by atoms with Gasteiger partial charge in [0.15, 0.2) is 0 Å². The molecule has 4 heteroatoms. The fraction of sp³-hybridized carbons (Fsp3) is 0.941. The van der Waals surface area contributed by atoms with Crippen LogP contribution >= 0.6 is 0 Å². The molecular formula is C17H30N2O2. The molecule has 21 heavy (non-hydrogen) atoms. The van der Waals surface area contributed by atoms with E-state index < -0.39 is 5.60 Å². The van der Waals surface area contributed by atoms with E-state index in [0.717, 1.165) is 25.7 Å². The van der Waals surface area contributed by atoms with Crippen LogP contribution in [-0.4, -0.2) is 51.2 Å². The number of carbonyl (C=O) groups excluding carboxylic acids is 1. The van der Waals surface area contributed by atoms with Crippen molar-refractivity contribution in [3.05, 3.63) is 0 Å². The standard InChI is InChI=1S/C17H30N2O2/c1-16(2,3)19-13-7-11-8-14(19)10-12(9-13)18(11)15(20)21-17(4,5)6/h11-14H,7-10H2,1-6H3. The minimum Gasteiger partial charge on any atom is -0.444 e. The van der Waals surface area contributed by atoms with Crippen molar-refractivity contribution in [2.45, 2.75) is 103 Å². The van der Waals surface area contributed by atoms with Crippen molar-refractivity contribution < 1.29 is 9.53 Å². The van der Waals surface area contributed by atoms with Crippen LogP contribution in [-0.2, 0) is 4.74 Å². The van der Waals surface area contributed by atoms with Crippen molar-refractivity contribution in [3.8, 4) is 0 Å². The van der Waals surface area contributed by atoms with Crippen molar-refractivity contribution in [1.29, 1.82) is 0 Å². The average Bonchev–Trinajstić information content (AvgIpc) is 2.22. The van der Waals surface area contributed by atoms with Crippen molar-refractivity contribution in [2.75, 3.05) is 0 Å². The van der Waals surface area contributed by atoms with Gasteiger partial charge in [-0.05, 0) is 67.2 Å². The van der Waals surface area contributed by atoms with E-state index in [9.17, 15) is 4.79 Å². The highest BCUT2D eigenvalue weighted by Gasteiger charge is 2.55. The average molecular weight is 294 g/mol. The van der Waals surface area contributed by atoms with Crippen LogP contribution in [0.25, 0.3) is 0 Å². The minimum atomic E-state index is -0.400. The molecule has 0 aliphatic carbocycles. The number of nitrogens with zero attached hydrogens (tertiary/aromatic N) is 2. The smallest absolute Gasteiger partial charge is 0.410 e. The summed E-state index contributed by atoms with van der Waals surface area (Å²) in [5.74, 6) is 0. The van der Waals surface area contributed by atoms with Crippen LogP contribution in [0.4, 0.5) is 4.79 Å². The van der Waals surface area contributed by atoms with Gasteiger partial charge in [-0.15, -0.1) is 0 Å². The molecule has 4 aliphatic heterocycles. The van der Waals surface area contributed by atoms with Crippen molar-refractivity contribution >= 4 is 6.09 Å². The lowest BCUT2D eigenvalue weighted by molar-refractivity contribution is -0.133. The van der Waals surface area contributed by atoms with Gasteiger partial charge in [-0.25, -0.2) is 4.79 Å². The minimum absolute atomic E-state index is 0.0985. The summed E-state index contributed by atoms with van der Waals surface area (Å²) in [5.41, 5.74) is -0.164. The van der Waals surface area contributed by atoms with E-state index in [-0.39, 0.29) is 11.6 Å². The third-order valence-electron chi connectivity index (χ3n) is 5.13. The molecule has 0 aromatic heterocycles. The predicted octanol–water partition coefficient (Wildman–Crippen LogP) is 3.40. The predicted molar refractivity (Wildman–Crippen MR) is 83.3 cm³/mol. The maximum atomic E-state index is 12.5. The summed E-state index contributed by atoms with van der Waals surface area (Å²) in [6, 6.07) is 2.07. The van der Waals surface area contributed by atoms with E-state index in [1.54, 1.807) is 0 Å². The van der Waals surface area contributed by atoms with E-state index in [1.165, 1.54) is 0 Å². The van der Waals surface area contributed by atoms with E-state index >= 15 is 0 Å². The highest BCUT2D eigenvalue weighted by atomic mass is 16.6. The van der Waals surface area contributed by atoms with Crippen molar-refractivity contribution in [3.63, 3.8) is 0 Å². The molecule has 4 aliphatic rings. The summed E-state index contributed by atoms with van der Waals surface area (Å²) in [7, 11) is 0. The maximum Gasteiger partial charge on any atom is 0.410 e. The van der Waals surface area contributed by atoms with E-state index in [1.807, 2.05) is 20.8 Å². The Hall–Kier alpha value is -0.770. The van der Waals surface area contributed by atoms with Gasteiger partial charge < -0.3 is 9.64 Å². The molecule has 0 aromatic carbocycles. The lowest BCUT2D eigenvalue weighted by atomic mass is 9.71. The van der Waals surface area contributed by atoms with Crippen LogP contribution in [0, 0.1) is 0 Å². The number of ether oxygens (including phenoxy) is 1. The molecular weight excluding hydrogens is 264 g/mol. The second kappa shape index (κ2) is 4.61. The van der Waals surface area contributed by atoms with Gasteiger partial charge in [-0.3, -0.25) is 4.90 Å². The Balaban J connectivity index is 1.75. The molecule has 4 saturated heterocycles. The van der Waals surface area contributed by atoms with Gasteiger partial charge >= 0.3 is 6.09 Å². The van der Waals surface area contributed by atoms with Crippen molar-refractivity contribution in [2.24, 2.45) is 0 Å². The highest BCUT2D eigenvalue weighted by molar-refractivity contribution is 5.69. The third kappa shape index (κ3) is 2.67. The third-order valence-corrected chi connectivity index (χ3v) is 5.13. The molecule has 0 saturated carbocycles. The van der Waals surface area contributed by atoms with Gasteiger partial charge in [0.05, 0.1) is 0 Å². The molecule has 1 amide bonds. The SMILES string of the molecule is CC(C)(C)OC(=O)N1C2CC3CC1CC(C2)N3C(C)(C)C. The molecule has 0 atom stereocenters. The number of hydrogen-bond acceptors (Lipinski definition) is 3. The molecule has 0 spiro atoms. The summed E-state index contributed by atoms with van der Waals surface area (Å²) >= 11 is 0. The Bertz CT molecular complexity index is 403. The number of piperidine rings is 4. The number of rotatable bonds is 0. The lowest BCUT2D eigenvalue weighted by Gasteiger charge is -2.63. The topological polar surface area (TPSA) is 32.8 Å². The Morgan fingerprint density at radius 1 is 0.857 bits per heavy atom. The molecule has 4 fully saturated rings. The maximum absolute atomic E-state index is 12.5. The van der Waals surface area contributed by atoms with Crippen LogP contribution < -0.4 is 0 Å². The molecule has 0 aromatic rings. The quantitative estimate of drug-likeness (QED) is 0.686. The van der Waals surface area contributed by atoms with Crippen LogP contribution in [0.1, 0.15) is 67.2 Å². The van der Waals surface area contributed by atoms with Gasteiger partial charge in [0.2, 0.25) is 0 Å². The number of amides is 1. The summed E-state index contributed by atoms with van der Waals surface area (Å²) in [6.07, 6.45) is 4.36. The zero-order chi connectivity index (χ0) is 15.6. The van der Waals surface area contributed by atoms with Crippen LogP contribution in [0.3, 0.4) is 0 Å². The van der Waals surface area contributed by atoms with Crippen LogP contribution in [0.2, 0.25) is 0 Å². The Kier molecular flexibility index (Phi) is 3.32.